The number of fused-ring (bicyclic) bond motifs is 3. The van der Waals surface area contributed by atoms with Gasteiger partial charge in [0.15, 0.2) is 5.78 Å². The lowest BCUT2D eigenvalue weighted by Gasteiger charge is -2.29. The molecule has 24 nitrogen and oxygen atoms in total. The Morgan fingerprint density at radius 1 is 0.472 bits per heavy atom. The van der Waals surface area contributed by atoms with E-state index in [4.69, 9.17) is 15.0 Å². The van der Waals surface area contributed by atoms with Crippen molar-refractivity contribution in [1.82, 2.24) is 73.6 Å². The molecule has 12 heterocycles. The lowest BCUT2D eigenvalue weighted by Crippen LogP contribution is -2.42. The maximum atomic E-state index is 12.6. The minimum Gasteiger partial charge on any atom is -0.338 e. The molecule has 2 unspecified atom stereocenters. The highest BCUT2D eigenvalue weighted by molar-refractivity contribution is 6.06. The average Bonchev–Trinajstić information content (AvgIpc) is 1.62. The van der Waals surface area contributed by atoms with Crippen LogP contribution in [0.15, 0.2) is 208 Å². The topological polar surface area (TPSA) is 295 Å². The summed E-state index contributed by atoms with van der Waals surface area (Å²) in [6.07, 6.45) is 24.5. The van der Waals surface area contributed by atoms with Crippen molar-refractivity contribution in [3.63, 3.8) is 0 Å². The van der Waals surface area contributed by atoms with Gasteiger partial charge < -0.3 is 20.9 Å². The van der Waals surface area contributed by atoms with E-state index in [0.29, 0.717) is 47.2 Å². The van der Waals surface area contributed by atoms with E-state index in [1.165, 1.54) is 12.2 Å². The molecule has 9 aromatic heterocycles. The number of Topliss-reactive ketones (excluding diaryl/α,β-unsaturated/α-hetero) is 1. The minimum atomic E-state index is -0.300. The van der Waals surface area contributed by atoms with Crippen LogP contribution in [0.25, 0.3) is 50.3 Å². The van der Waals surface area contributed by atoms with Gasteiger partial charge in [0.25, 0.3) is 17.7 Å². The highest BCUT2D eigenvalue weighted by atomic mass is 16.2. The number of ketones is 2. The van der Waals surface area contributed by atoms with Crippen LogP contribution in [0.5, 0.6) is 0 Å². The highest BCUT2D eigenvalue weighted by Crippen LogP contribution is 2.37. The van der Waals surface area contributed by atoms with Crippen molar-refractivity contribution in [3.8, 4) is 45.6 Å². The normalized spacial score (nSPS) is 16.4. The Morgan fingerprint density at radius 2 is 0.852 bits per heavy atom. The van der Waals surface area contributed by atoms with Crippen LogP contribution in [0.2, 0.25) is 0 Å². The minimum absolute atomic E-state index is 0. The fraction of sp³-hybridized carbons (Fsp3) is 0.250. The number of imidazole rings is 3. The fourth-order valence-electron chi connectivity index (χ4n) is 13.6. The van der Waals surface area contributed by atoms with Crippen molar-refractivity contribution in [2.24, 2.45) is 0 Å². The van der Waals surface area contributed by atoms with Crippen LogP contribution in [0, 0.1) is 32.6 Å². The van der Waals surface area contributed by atoms with Crippen molar-refractivity contribution in [2.75, 3.05) is 29.0 Å². The Bertz CT molecular complexity index is 5300. The third kappa shape index (κ3) is 17.1. The van der Waals surface area contributed by atoms with Gasteiger partial charge in [0.05, 0.1) is 76.4 Å². The van der Waals surface area contributed by atoms with Crippen LogP contribution >= 0.6 is 0 Å². The van der Waals surface area contributed by atoms with Gasteiger partial charge >= 0.3 is 0 Å². The first kappa shape index (κ1) is 77.8. The Kier molecular flexibility index (Phi) is 25.4. The monoisotopic (exact) mass is 1440 g/mol. The average molecular weight is 1450 g/mol. The number of nitrogens with one attached hydrogen (secondary N) is 5. The number of hydrogen-bond acceptors (Lipinski definition) is 17. The zero-order valence-corrected chi connectivity index (χ0v) is 58.4. The van der Waals surface area contributed by atoms with Crippen LogP contribution in [-0.2, 0) is 14.4 Å². The molecule has 5 N–H and O–H groups in total. The molecule has 0 bridgehead atoms. The number of piperidine rings is 2. The Labute approximate surface area is 627 Å². The Balaban J connectivity index is 0.000000171. The molecule has 4 amide bonds. The summed E-state index contributed by atoms with van der Waals surface area (Å²) in [6, 6.07) is 37.4. The SMILES string of the molecule is C.C.C.C=CC(=O)C1CCC[C@@H](c2nc(-c3ccc(C(=O)Nc4ccccn4)cc3)c3cncc(C)n23)N1.C=CC(=O)N1CC[C@@H](c2nc(-c3ccc(C(=O)Nc4ccccn4)cc3)c3cncc(C)n23)C1.CC#CC(=O)C1CCC[C@@H](c2nc(-c3ccc(C(=O)Nc4ccccn4)cc3)c3cncc(C)n23)N1. The molecule has 0 spiro atoms. The molecule has 3 saturated heterocycles. The van der Waals surface area contributed by atoms with Crippen molar-refractivity contribution in [3.05, 3.63) is 260 Å². The van der Waals surface area contributed by atoms with E-state index in [2.05, 4.69) is 94.7 Å². The molecule has 3 aliphatic rings. The molecule has 3 fully saturated rings. The van der Waals surface area contributed by atoms with E-state index in [1.54, 1.807) is 117 Å². The zero-order chi connectivity index (χ0) is 73.1. The van der Waals surface area contributed by atoms with Gasteiger partial charge in [-0.3, -0.25) is 67.6 Å². The Morgan fingerprint density at radius 3 is 1.22 bits per heavy atom. The number of amides is 4. The fourth-order valence-corrected chi connectivity index (χ4v) is 13.6. The molecule has 0 radical (unpaired) electrons. The summed E-state index contributed by atoms with van der Waals surface area (Å²) in [7, 11) is 0. The summed E-state index contributed by atoms with van der Waals surface area (Å²) in [5.74, 6) is 8.81. The number of benzene rings is 3. The third-order valence-electron chi connectivity index (χ3n) is 18.8. The predicted molar refractivity (Wildman–Crippen MR) is 421 cm³/mol. The second kappa shape index (κ2) is 35.3. The van der Waals surface area contributed by atoms with Gasteiger partial charge in [-0.15, -0.1) is 0 Å². The van der Waals surface area contributed by atoms with Crippen LogP contribution in [0.3, 0.4) is 0 Å². The largest absolute Gasteiger partial charge is 0.338 e. The van der Waals surface area contributed by atoms with Gasteiger partial charge in [0.2, 0.25) is 11.7 Å². The molecule has 5 atom stereocenters. The van der Waals surface area contributed by atoms with Gasteiger partial charge in [-0.1, -0.05) is 96.0 Å². The van der Waals surface area contributed by atoms with E-state index in [9.17, 15) is 28.8 Å². The standard InChI is InChI=1S/C28H26N6O2.C27H26N6O2.C26H24N6O2.3CH4/c1-3-7-24(35)21-8-6-9-22(31-21)27-33-26(23-17-29-16-18(2)34(23)27)19-11-13-20(14-12-19)28(36)32-25-10-4-5-15-30-25;1-3-23(34)20-7-6-8-21(30-20)26-32-25(22-16-28-15-17(2)33(22)26)18-10-12-19(13-11-18)27(35)31-24-9-4-5-14-29-24;1-3-23(33)31-13-11-20(16-31)25-30-24(21-15-27-14-17(2)32(21)25)18-7-9-19(10-8-18)26(34)29-22-6-4-5-12-28-22;;;/h4-5,10-17,21-22,31H,6,8-9H2,1-2H3,(H,30,32,36);3-5,9-16,20-21,30H,1,6-8H2,2H3,(H,29,31,35);3-10,12,14-15,20H,1,11,13,16H2,2H3,(H,28,29,34);3*1H4/t21?,22-;20?,21-;20-;;;/m001.../s1. The number of aromatic nitrogens is 12. The van der Waals surface area contributed by atoms with E-state index in [1.807, 2.05) is 98.9 Å². The van der Waals surface area contributed by atoms with Crippen molar-refractivity contribution in [2.45, 2.75) is 125 Å². The lowest BCUT2D eigenvalue weighted by atomic mass is 9.95. The van der Waals surface area contributed by atoms with Crippen molar-refractivity contribution < 1.29 is 28.8 Å². The summed E-state index contributed by atoms with van der Waals surface area (Å²) >= 11 is 0. The first-order valence-corrected chi connectivity index (χ1v) is 34.7. The predicted octanol–water partition coefficient (Wildman–Crippen LogP) is 14.2. The molecular formula is C84H88N18O6. The number of hydrogen-bond donors (Lipinski definition) is 5. The van der Waals surface area contributed by atoms with Crippen molar-refractivity contribution >= 4 is 69.2 Å². The van der Waals surface area contributed by atoms with Crippen LogP contribution in [0.4, 0.5) is 17.5 Å². The molecule has 0 saturated carbocycles. The van der Waals surface area contributed by atoms with E-state index in [-0.39, 0.29) is 87.6 Å². The number of carbonyl (C=O) groups excluding carboxylic acids is 6. The maximum absolute atomic E-state index is 12.6. The van der Waals surface area contributed by atoms with Crippen molar-refractivity contribution in [1.29, 1.82) is 0 Å². The van der Waals surface area contributed by atoms with Gasteiger partial charge in [-0.05, 0) is 164 Å². The summed E-state index contributed by atoms with van der Waals surface area (Å²) < 4.78 is 6.32. The lowest BCUT2D eigenvalue weighted by molar-refractivity contribution is -0.125. The molecule has 550 valence electrons. The van der Waals surface area contributed by atoms with Crippen LogP contribution in [-0.4, -0.2) is 123 Å². The van der Waals surface area contributed by atoms with Gasteiger partial charge in [0, 0.05) is 107 Å². The number of carbonyl (C=O) groups is 6. The van der Waals surface area contributed by atoms with Crippen LogP contribution in [0.1, 0.15) is 158 Å². The molecular weight excluding hydrogens is 1360 g/mol. The Hall–Kier alpha value is -12.9. The summed E-state index contributed by atoms with van der Waals surface area (Å²) in [5, 5.41) is 15.3. The first-order chi connectivity index (χ1) is 51.1. The number of likely N-dealkylation sites (tertiary alicyclic amines) is 1. The molecule has 24 heteroatoms. The number of nitrogens with zero attached hydrogens (tertiary/aromatic N) is 13. The molecule has 12 aromatic rings. The third-order valence-corrected chi connectivity index (χ3v) is 18.8. The summed E-state index contributed by atoms with van der Waals surface area (Å²) in [4.78, 5) is 117. The molecule has 0 aliphatic carbocycles. The van der Waals surface area contributed by atoms with E-state index < -0.39 is 0 Å². The number of anilines is 3. The number of pyridine rings is 3. The van der Waals surface area contributed by atoms with Gasteiger partial charge in [-0.25, -0.2) is 29.9 Å². The quantitative estimate of drug-likeness (QED) is 0.0341. The molecule has 108 heavy (non-hydrogen) atoms. The number of rotatable bonds is 16. The summed E-state index contributed by atoms with van der Waals surface area (Å²) in [6.45, 7) is 16.2. The highest BCUT2D eigenvalue weighted by Gasteiger charge is 2.34. The smallest absolute Gasteiger partial charge is 0.256 e. The zero-order valence-electron chi connectivity index (χ0n) is 58.4. The second-order valence-electron chi connectivity index (χ2n) is 25.7. The second-order valence-corrected chi connectivity index (χ2v) is 25.7. The van der Waals surface area contributed by atoms with Gasteiger partial charge in [0.1, 0.15) is 34.9 Å². The molecule has 3 aliphatic heterocycles. The van der Waals surface area contributed by atoms with E-state index >= 15 is 0 Å². The maximum Gasteiger partial charge on any atom is 0.256 e. The summed E-state index contributed by atoms with van der Waals surface area (Å²) in [5.41, 5.74) is 12.1. The van der Waals surface area contributed by atoms with Gasteiger partial charge in [-0.2, -0.15) is 0 Å². The molecule has 3 aromatic carbocycles. The molecule has 15 rings (SSSR count). The van der Waals surface area contributed by atoms with Crippen LogP contribution < -0.4 is 26.6 Å². The number of aryl methyl sites for hydroxylation is 3. The first-order valence-electron chi connectivity index (χ1n) is 34.7. The van der Waals surface area contributed by atoms with E-state index in [0.717, 1.165) is 130 Å².